The zero-order valence-electron chi connectivity index (χ0n) is 14.3. The topological polar surface area (TPSA) is 115 Å². The number of hydrogen-bond donors (Lipinski definition) is 2. The number of nitrogens with zero attached hydrogens (tertiary/aromatic N) is 4. The Kier molecular flexibility index (Phi) is 5.31. The number of ether oxygens (including phenoxy) is 1. The molecule has 8 nitrogen and oxygen atoms in total. The Hall–Kier alpha value is -3.88. The molecule has 0 aromatic carbocycles. The van der Waals surface area contributed by atoms with E-state index in [4.69, 9.17) is 10.5 Å². The molecule has 136 valence electrons. The van der Waals surface area contributed by atoms with Crippen LogP contribution in [0, 0.1) is 12.7 Å². The molecule has 0 bridgehead atoms. The minimum absolute atomic E-state index is 0.104. The van der Waals surface area contributed by atoms with Crippen LogP contribution in [-0.4, -0.2) is 27.2 Å². The first kappa shape index (κ1) is 17.9. The lowest BCUT2D eigenvalue weighted by atomic mass is 10.2. The number of halogens is 1. The number of carbonyl (C=O) groups is 1. The molecule has 27 heavy (non-hydrogen) atoms. The first-order chi connectivity index (χ1) is 13.0. The van der Waals surface area contributed by atoms with Gasteiger partial charge in [0.05, 0.1) is 30.5 Å². The number of hydrogen-bond acceptors (Lipinski definition) is 6. The average molecular weight is 366 g/mol. The van der Waals surface area contributed by atoms with Crippen molar-refractivity contribution < 1.29 is 13.9 Å². The molecule has 0 aliphatic heterocycles. The SMILES string of the molecule is Cc1cncc(Oc2cnc(/N=C\N)c(C(=O)Nc3ccc(F)cn3)c2)c1. The predicted octanol–water partition coefficient (Wildman–Crippen LogP) is 2.98. The molecule has 3 rings (SSSR count). The lowest BCUT2D eigenvalue weighted by Gasteiger charge is -2.10. The van der Waals surface area contributed by atoms with Crippen LogP contribution in [0.1, 0.15) is 15.9 Å². The fourth-order valence-corrected chi connectivity index (χ4v) is 2.19. The lowest BCUT2D eigenvalue weighted by molar-refractivity contribution is 0.102. The van der Waals surface area contributed by atoms with E-state index in [1.165, 1.54) is 24.4 Å². The van der Waals surface area contributed by atoms with Crippen LogP contribution < -0.4 is 15.8 Å². The van der Waals surface area contributed by atoms with E-state index in [-0.39, 0.29) is 17.2 Å². The molecule has 0 unspecified atom stereocenters. The van der Waals surface area contributed by atoms with Gasteiger partial charge in [-0.05, 0) is 36.8 Å². The third-order valence-corrected chi connectivity index (χ3v) is 3.34. The van der Waals surface area contributed by atoms with E-state index in [1.807, 2.05) is 6.92 Å². The molecule has 0 aliphatic carbocycles. The second-order valence-corrected chi connectivity index (χ2v) is 5.44. The second-order valence-electron chi connectivity index (χ2n) is 5.44. The zero-order valence-corrected chi connectivity index (χ0v) is 14.3. The molecule has 3 aromatic heterocycles. The molecule has 0 aliphatic rings. The van der Waals surface area contributed by atoms with Crippen LogP contribution in [-0.2, 0) is 0 Å². The highest BCUT2D eigenvalue weighted by Crippen LogP contribution is 2.26. The number of nitrogens with two attached hydrogens (primary N) is 1. The van der Waals surface area contributed by atoms with Gasteiger partial charge in [0.25, 0.3) is 5.91 Å². The normalized spacial score (nSPS) is 10.7. The minimum Gasteiger partial charge on any atom is -0.454 e. The summed E-state index contributed by atoms with van der Waals surface area (Å²) in [5.41, 5.74) is 6.35. The van der Waals surface area contributed by atoms with Crippen LogP contribution in [0.15, 0.2) is 54.0 Å². The van der Waals surface area contributed by atoms with Gasteiger partial charge in [0.2, 0.25) is 0 Å². The van der Waals surface area contributed by atoms with Gasteiger partial charge in [-0.25, -0.2) is 19.4 Å². The number of pyridine rings is 3. The molecular formula is C18H15FN6O2. The van der Waals surface area contributed by atoms with Crippen molar-refractivity contribution in [2.24, 2.45) is 10.7 Å². The van der Waals surface area contributed by atoms with Gasteiger partial charge in [0, 0.05) is 6.20 Å². The molecule has 0 saturated carbocycles. The summed E-state index contributed by atoms with van der Waals surface area (Å²) in [6, 6.07) is 5.78. The highest BCUT2D eigenvalue weighted by molar-refractivity contribution is 6.07. The Bertz CT molecular complexity index is 991. The number of aromatic nitrogens is 3. The number of aryl methyl sites for hydroxylation is 1. The first-order valence-corrected chi connectivity index (χ1v) is 7.82. The van der Waals surface area contributed by atoms with Crippen molar-refractivity contribution in [2.75, 3.05) is 5.32 Å². The highest BCUT2D eigenvalue weighted by Gasteiger charge is 2.15. The third-order valence-electron chi connectivity index (χ3n) is 3.34. The number of carbonyl (C=O) groups excluding carboxylic acids is 1. The molecule has 0 radical (unpaired) electrons. The van der Waals surface area contributed by atoms with Crippen molar-refractivity contribution in [1.82, 2.24) is 15.0 Å². The van der Waals surface area contributed by atoms with Gasteiger partial charge in [-0.15, -0.1) is 0 Å². The lowest BCUT2D eigenvalue weighted by Crippen LogP contribution is -2.14. The monoisotopic (exact) mass is 366 g/mol. The number of amides is 1. The molecule has 3 N–H and O–H groups in total. The molecule has 0 atom stereocenters. The summed E-state index contributed by atoms with van der Waals surface area (Å²) in [5.74, 6) is 0.0411. The smallest absolute Gasteiger partial charge is 0.260 e. The fourth-order valence-electron chi connectivity index (χ4n) is 2.19. The van der Waals surface area contributed by atoms with E-state index in [0.29, 0.717) is 11.5 Å². The van der Waals surface area contributed by atoms with E-state index >= 15 is 0 Å². The van der Waals surface area contributed by atoms with E-state index in [0.717, 1.165) is 18.1 Å². The number of anilines is 1. The molecule has 0 fully saturated rings. The largest absolute Gasteiger partial charge is 0.454 e. The van der Waals surface area contributed by atoms with Gasteiger partial charge < -0.3 is 15.8 Å². The van der Waals surface area contributed by atoms with Crippen LogP contribution in [0.5, 0.6) is 11.5 Å². The maximum atomic E-state index is 13.0. The molecule has 1 amide bonds. The van der Waals surface area contributed by atoms with Crippen molar-refractivity contribution in [2.45, 2.75) is 6.92 Å². The van der Waals surface area contributed by atoms with Crippen molar-refractivity contribution in [3.8, 4) is 11.5 Å². The molecular weight excluding hydrogens is 351 g/mol. The Morgan fingerprint density at radius 1 is 1.19 bits per heavy atom. The number of rotatable bonds is 5. The summed E-state index contributed by atoms with van der Waals surface area (Å²) < 4.78 is 18.7. The van der Waals surface area contributed by atoms with Crippen molar-refractivity contribution in [3.63, 3.8) is 0 Å². The summed E-state index contributed by atoms with van der Waals surface area (Å²) in [4.78, 5) is 28.4. The van der Waals surface area contributed by atoms with Gasteiger partial charge in [0.1, 0.15) is 23.1 Å². The van der Waals surface area contributed by atoms with E-state index in [1.54, 1.807) is 18.5 Å². The Morgan fingerprint density at radius 2 is 2.00 bits per heavy atom. The van der Waals surface area contributed by atoms with Crippen LogP contribution in [0.4, 0.5) is 16.0 Å². The van der Waals surface area contributed by atoms with Crippen molar-refractivity contribution in [1.29, 1.82) is 0 Å². The fraction of sp³-hybridized carbons (Fsp3) is 0.0556. The Balaban J connectivity index is 1.89. The molecule has 3 heterocycles. The van der Waals surface area contributed by atoms with Gasteiger partial charge in [-0.3, -0.25) is 9.78 Å². The molecule has 3 aromatic rings. The standard InChI is InChI=1S/C18H15FN6O2/c1-11-4-13(8-21-6-11)27-14-5-15(17(23-9-14)24-10-20)18(26)25-16-3-2-12(19)7-22-16/h2-10H,1H3,(H2,20,23,24)(H,22,25,26). The Labute approximate surface area is 154 Å². The highest BCUT2D eigenvalue weighted by atomic mass is 19.1. The van der Waals surface area contributed by atoms with Crippen LogP contribution in [0.3, 0.4) is 0 Å². The van der Waals surface area contributed by atoms with Gasteiger partial charge in [-0.2, -0.15) is 0 Å². The minimum atomic E-state index is -0.546. The van der Waals surface area contributed by atoms with Crippen LogP contribution in [0.2, 0.25) is 0 Å². The molecule has 0 saturated heterocycles. The maximum absolute atomic E-state index is 13.0. The van der Waals surface area contributed by atoms with Crippen molar-refractivity contribution >= 4 is 23.9 Å². The molecule has 9 heteroatoms. The summed E-state index contributed by atoms with van der Waals surface area (Å²) >= 11 is 0. The first-order valence-electron chi connectivity index (χ1n) is 7.82. The Morgan fingerprint density at radius 3 is 2.70 bits per heavy atom. The summed E-state index contributed by atoms with van der Waals surface area (Å²) in [5, 5.41) is 2.55. The molecule has 0 spiro atoms. The maximum Gasteiger partial charge on any atom is 0.260 e. The summed E-state index contributed by atoms with van der Waals surface area (Å²) in [7, 11) is 0. The summed E-state index contributed by atoms with van der Waals surface area (Å²) in [6.45, 7) is 1.88. The predicted molar refractivity (Wildman–Crippen MR) is 97.8 cm³/mol. The third kappa shape index (κ3) is 4.60. The van der Waals surface area contributed by atoms with E-state index in [2.05, 4.69) is 25.3 Å². The van der Waals surface area contributed by atoms with Crippen LogP contribution >= 0.6 is 0 Å². The van der Waals surface area contributed by atoms with E-state index < -0.39 is 11.7 Å². The van der Waals surface area contributed by atoms with Crippen molar-refractivity contribution in [3.05, 3.63) is 66.0 Å². The summed E-state index contributed by atoms with van der Waals surface area (Å²) in [6.07, 6.45) is 6.68. The number of nitrogens with one attached hydrogen (secondary N) is 1. The van der Waals surface area contributed by atoms with Gasteiger partial charge in [-0.1, -0.05) is 0 Å². The van der Waals surface area contributed by atoms with Gasteiger partial charge in [0.15, 0.2) is 5.82 Å². The quantitative estimate of drug-likeness (QED) is 0.530. The second kappa shape index (κ2) is 8.00. The average Bonchev–Trinajstić information content (AvgIpc) is 2.65. The van der Waals surface area contributed by atoms with Gasteiger partial charge >= 0.3 is 0 Å². The van der Waals surface area contributed by atoms with E-state index in [9.17, 15) is 9.18 Å². The van der Waals surface area contributed by atoms with Crippen LogP contribution in [0.25, 0.3) is 0 Å². The number of aliphatic imine (C=N–C) groups is 1. The zero-order chi connectivity index (χ0) is 19.2.